The topological polar surface area (TPSA) is 57.1 Å². The van der Waals surface area contributed by atoms with Crippen LogP contribution in [0.2, 0.25) is 0 Å². The Labute approximate surface area is 174 Å². The molecule has 0 amide bonds. The molecule has 1 aromatic rings. The van der Waals surface area contributed by atoms with Crippen molar-refractivity contribution in [1.29, 1.82) is 0 Å². The molecule has 1 aromatic carbocycles. The summed E-state index contributed by atoms with van der Waals surface area (Å²) in [6.45, 7) is 6.72. The average molecular weight is 473 g/mol. The number of aliphatic imine (C=N–C) groups is 1. The SMILES string of the molecule is CCNC(=NCC1(O)CCOCC1)N1CCC(Cc2ccccc2)C1.I. The van der Waals surface area contributed by atoms with E-state index in [0.717, 1.165) is 32.0 Å². The van der Waals surface area contributed by atoms with Crippen molar-refractivity contribution in [2.24, 2.45) is 10.9 Å². The van der Waals surface area contributed by atoms with Crippen LogP contribution in [0, 0.1) is 5.92 Å². The summed E-state index contributed by atoms with van der Waals surface area (Å²) in [5.74, 6) is 1.61. The first-order chi connectivity index (χ1) is 12.2. The summed E-state index contributed by atoms with van der Waals surface area (Å²) < 4.78 is 5.36. The third-order valence-electron chi connectivity index (χ3n) is 5.23. The maximum atomic E-state index is 10.6. The monoisotopic (exact) mass is 473 g/mol. The lowest BCUT2D eigenvalue weighted by Gasteiger charge is -2.31. The number of halogens is 1. The summed E-state index contributed by atoms with van der Waals surface area (Å²) in [6.07, 6.45) is 3.66. The number of nitrogens with one attached hydrogen (secondary N) is 1. The molecule has 2 saturated heterocycles. The number of ether oxygens (including phenoxy) is 1. The minimum Gasteiger partial charge on any atom is -0.388 e. The van der Waals surface area contributed by atoms with Crippen LogP contribution >= 0.6 is 24.0 Å². The Bertz CT molecular complexity index is 561. The fourth-order valence-corrected chi connectivity index (χ4v) is 3.70. The molecule has 0 saturated carbocycles. The Kier molecular flexibility index (Phi) is 8.63. The number of likely N-dealkylation sites (tertiary alicyclic amines) is 1. The van der Waals surface area contributed by atoms with Gasteiger partial charge in [-0.2, -0.15) is 0 Å². The van der Waals surface area contributed by atoms with Gasteiger partial charge in [0.25, 0.3) is 0 Å². The van der Waals surface area contributed by atoms with Gasteiger partial charge in [-0.25, -0.2) is 0 Å². The van der Waals surface area contributed by atoms with Crippen LogP contribution in [-0.2, 0) is 11.2 Å². The van der Waals surface area contributed by atoms with Crippen LogP contribution in [0.4, 0.5) is 0 Å². The lowest BCUT2D eigenvalue weighted by Crippen LogP contribution is -2.43. The first-order valence-electron chi connectivity index (χ1n) is 9.56. The van der Waals surface area contributed by atoms with Gasteiger partial charge in [-0.15, -0.1) is 24.0 Å². The molecular weight excluding hydrogens is 441 g/mol. The van der Waals surface area contributed by atoms with Gasteiger partial charge in [0, 0.05) is 45.7 Å². The Hall–Kier alpha value is -0.860. The largest absolute Gasteiger partial charge is 0.388 e. The lowest BCUT2D eigenvalue weighted by atomic mass is 9.95. The van der Waals surface area contributed by atoms with E-state index < -0.39 is 5.60 Å². The van der Waals surface area contributed by atoms with Crippen molar-refractivity contribution in [1.82, 2.24) is 10.2 Å². The van der Waals surface area contributed by atoms with Gasteiger partial charge in [-0.3, -0.25) is 4.99 Å². The number of rotatable bonds is 5. The van der Waals surface area contributed by atoms with E-state index in [9.17, 15) is 5.11 Å². The van der Waals surface area contributed by atoms with Gasteiger partial charge in [0.15, 0.2) is 5.96 Å². The number of hydrogen-bond acceptors (Lipinski definition) is 3. The van der Waals surface area contributed by atoms with Crippen LogP contribution in [0.15, 0.2) is 35.3 Å². The summed E-state index contributed by atoms with van der Waals surface area (Å²) in [6, 6.07) is 10.7. The summed E-state index contributed by atoms with van der Waals surface area (Å²) in [5, 5.41) is 14.0. The van der Waals surface area contributed by atoms with Gasteiger partial charge in [0.1, 0.15) is 0 Å². The van der Waals surface area contributed by atoms with E-state index in [4.69, 9.17) is 9.73 Å². The van der Waals surface area contributed by atoms with Gasteiger partial charge in [-0.05, 0) is 31.2 Å². The van der Waals surface area contributed by atoms with Crippen molar-refractivity contribution < 1.29 is 9.84 Å². The number of hydrogen-bond donors (Lipinski definition) is 2. The minimum atomic E-state index is -0.706. The van der Waals surface area contributed by atoms with Crippen LogP contribution in [-0.4, -0.2) is 61.0 Å². The van der Waals surface area contributed by atoms with Crippen LogP contribution in [0.5, 0.6) is 0 Å². The van der Waals surface area contributed by atoms with Crippen molar-refractivity contribution in [3.63, 3.8) is 0 Å². The molecule has 26 heavy (non-hydrogen) atoms. The average Bonchev–Trinajstić information content (AvgIpc) is 3.08. The normalized spacial score (nSPS) is 22.8. The van der Waals surface area contributed by atoms with Crippen molar-refractivity contribution in [3.8, 4) is 0 Å². The zero-order valence-electron chi connectivity index (χ0n) is 15.7. The Morgan fingerprint density at radius 1 is 1.31 bits per heavy atom. The molecule has 2 fully saturated rings. The van der Waals surface area contributed by atoms with Crippen molar-refractivity contribution in [2.75, 3.05) is 39.4 Å². The zero-order chi connectivity index (χ0) is 17.5. The van der Waals surface area contributed by atoms with Gasteiger partial charge in [0.2, 0.25) is 0 Å². The molecule has 0 bridgehead atoms. The van der Waals surface area contributed by atoms with Crippen molar-refractivity contribution >= 4 is 29.9 Å². The maximum absolute atomic E-state index is 10.6. The van der Waals surface area contributed by atoms with Crippen LogP contribution in [0.3, 0.4) is 0 Å². The van der Waals surface area contributed by atoms with Gasteiger partial charge < -0.3 is 20.1 Å². The molecule has 146 valence electrons. The summed E-state index contributed by atoms with van der Waals surface area (Å²) in [7, 11) is 0. The molecule has 0 aliphatic carbocycles. The molecule has 0 aromatic heterocycles. The molecule has 0 radical (unpaired) electrons. The highest BCUT2D eigenvalue weighted by Gasteiger charge is 2.31. The second-order valence-corrected chi connectivity index (χ2v) is 7.30. The van der Waals surface area contributed by atoms with Crippen molar-refractivity contribution in [3.05, 3.63) is 35.9 Å². The molecule has 2 aliphatic heterocycles. The van der Waals surface area contributed by atoms with E-state index in [1.807, 2.05) is 0 Å². The van der Waals surface area contributed by atoms with E-state index in [2.05, 4.69) is 47.5 Å². The van der Waals surface area contributed by atoms with E-state index in [-0.39, 0.29) is 24.0 Å². The van der Waals surface area contributed by atoms with E-state index in [0.29, 0.717) is 38.5 Å². The molecule has 2 aliphatic rings. The Morgan fingerprint density at radius 2 is 2.04 bits per heavy atom. The van der Waals surface area contributed by atoms with Gasteiger partial charge in [0.05, 0.1) is 12.1 Å². The molecule has 2 heterocycles. The zero-order valence-corrected chi connectivity index (χ0v) is 18.0. The summed E-state index contributed by atoms with van der Waals surface area (Å²) in [4.78, 5) is 7.11. The summed E-state index contributed by atoms with van der Waals surface area (Å²) in [5.41, 5.74) is 0.704. The predicted molar refractivity (Wildman–Crippen MR) is 116 cm³/mol. The molecular formula is C20H32IN3O2. The summed E-state index contributed by atoms with van der Waals surface area (Å²) >= 11 is 0. The first-order valence-corrected chi connectivity index (χ1v) is 9.56. The highest BCUT2D eigenvalue weighted by molar-refractivity contribution is 14.0. The first kappa shape index (κ1) is 21.4. The lowest BCUT2D eigenvalue weighted by molar-refractivity contribution is -0.0566. The molecule has 1 unspecified atom stereocenters. The van der Waals surface area contributed by atoms with Crippen LogP contribution in [0.25, 0.3) is 0 Å². The maximum Gasteiger partial charge on any atom is 0.194 e. The second kappa shape index (κ2) is 10.5. The van der Waals surface area contributed by atoms with E-state index in [1.165, 1.54) is 12.0 Å². The van der Waals surface area contributed by atoms with E-state index >= 15 is 0 Å². The van der Waals surface area contributed by atoms with Gasteiger partial charge in [-0.1, -0.05) is 30.3 Å². The molecule has 3 rings (SSSR count). The van der Waals surface area contributed by atoms with E-state index in [1.54, 1.807) is 0 Å². The number of benzene rings is 1. The standard InChI is InChI=1S/C20H31N3O2.HI/c1-2-21-19(22-16-20(24)9-12-25-13-10-20)23-11-8-18(15-23)14-17-6-4-3-5-7-17;/h3-7,18,24H,2,8-16H2,1H3,(H,21,22);1H. The number of nitrogens with zero attached hydrogens (tertiary/aromatic N) is 2. The van der Waals surface area contributed by atoms with Crippen molar-refractivity contribution in [2.45, 2.75) is 38.2 Å². The third-order valence-corrected chi connectivity index (χ3v) is 5.23. The fraction of sp³-hybridized carbons (Fsp3) is 0.650. The predicted octanol–water partition coefficient (Wildman–Crippen LogP) is 2.68. The third kappa shape index (κ3) is 6.09. The van der Waals surface area contributed by atoms with Crippen LogP contribution in [0.1, 0.15) is 31.7 Å². The highest BCUT2D eigenvalue weighted by atomic mass is 127. The fourth-order valence-electron chi connectivity index (χ4n) is 3.70. The Morgan fingerprint density at radius 3 is 2.73 bits per heavy atom. The molecule has 5 nitrogen and oxygen atoms in total. The molecule has 1 atom stereocenters. The van der Waals surface area contributed by atoms with Crippen LogP contribution < -0.4 is 5.32 Å². The smallest absolute Gasteiger partial charge is 0.194 e. The number of guanidine groups is 1. The molecule has 2 N–H and O–H groups in total. The number of aliphatic hydroxyl groups is 1. The second-order valence-electron chi connectivity index (χ2n) is 7.30. The molecule has 0 spiro atoms. The minimum absolute atomic E-state index is 0. The van der Waals surface area contributed by atoms with Gasteiger partial charge >= 0.3 is 0 Å². The highest BCUT2D eigenvalue weighted by Crippen LogP contribution is 2.23. The Balaban J connectivity index is 0.00000243. The quantitative estimate of drug-likeness (QED) is 0.393. The molecule has 6 heteroatoms.